The zero-order valence-corrected chi connectivity index (χ0v) is 12.5. The van der Waals surface area contributed by atoms with E-state index in [0.717, 1.165) is 29.1 Å². The molecule has 0 radical (unpaired) electrons. The number of nitrogens with one attached hydrogen (secondary N) is 1. The number of aromatic nitrogens is 1. The van der Waals surface area contributed by atoms with Crippen molar-refractivity contribution in [1.29, 1.82) is 0 Å². The molecule has 1 aliphatic rings. The number of fused-ring (bicyclic) bond motifs is 1. The minimum atomic E-state index is -0.286. The maximum Gasteiger partial charge on any atom is 0.126 e. The van der Waals surface area contributed by atoms with Crippen LogP contribution >= 0.6 is 0 Å². The number of ether oxygens (including phenoxy) is 1. The summed E-state index contributed by atoms with van der Waals surface area (Å²) in [6.45, 7) is 5.27. The summed E-state index contributed by atoms with van der Waals surface area (Å²) < 4.78 is 18.5. The van der Waals surface area contributed by atoms with Gasteiger partial charge in [0.2, 0.25) is 0 Å². The molecule has 110 valence electrons. The molecule has 1 aromatic carbocycles. The van der Waals surface area contributed by atoms with Gasteiger partial charge in [-0.3, -0.25) is 4.98 Å². The van der Waals surface area contributed by atoms with Crippen LogP contribution in [-0.2, 0) is 11.8 Å². The van der Waals surface area contributed by atoms with Gasteiger partial charge in [-0.1, -0.05) is 19.9 Å². The highest BCUT2D eigenvalue weighted by Crippen LogP contribution is 2.35. The van der Waals surface area contributed by atoms with Gasteiger partial charge in [0, 0.05) is 30.6 Å². The van der Waals surface area contributed by atoms with Gasteiger partial charge in [-0.2, -0.15) is 0 Å². The molecular weight excluding hydrogens is 267 g/mol. The Labute approximate surface area is 124 Å². The molecule has 2 aromatic rings. The fraction of sp³-hybridized carbons (Fsp3) is 0.353. The SMILES string of the molecule is COc1cc(F)ccc1Cc1cnc2c(c1)NCC2(C)C. The smallest absolute Gasteiger partial charge is 0.126 e. The predicted molar refractivity (Wildman–Crippen MR) is 81.5 cm³/mol. The molecule has 0 atom stereocenters. The third kappa shape index (κ3) is 2.58. The van der Waals surface area contributed by atoms with Crippen LogP contribution in [0.4, 0.5) is 10.1 Å². The van der Waals surface area contributed by atoms with Crippen LogP contribution in [0, 0.1) is 5.82 Å². The first kappa shape index (κ1) is 13.9. The molecule has 1 N–H and O–H groups in total. The number of rotatable bonds is 3. The van der Waals surface area contributed by atoms with Crippen molar-refractivity contribution in [1.82, 2.24) is 4.98 Å². The molecule has 0 aliphatic carbocycles. The quantitative estimate of drug-likeness (QED) is 0.937. The number of nitrogens with zero attached hydrogens (tertiary/aromatic N) is 1. The third-order valence-corrected chi connectivity index (χ3v) is 3.95. The Kier molecular flexibility index (Phi) is 3.32. The number of benzene rings is 1. The van der Waals surface area contributed by atoms with E-state index in [1.54, 1.807) is 13.2 Å². The molecule has 21 heavy (non-hydrogen) atoms. The largest absolute Gasteiger partial charge is 0.496 e. The minimum absolute atomic E-state index is 0.0709. The van der Waals surface area contributed by atoms with Crippen LogP contribution in [0.2, 0.25) is 0 Å². The molecule has 0 unspecified atom stereocenters. The first-order chi connectivity index (χ1) is 9.99. The maximum absolute atomic E-state index is 13.2. The van der Waals surface area contributed by atoms with Crippen molar-refractivity contribution >= 4 is 5.69 Å². The highest BCUT2D eigenvalue weighted by atomic mass is 19.1. The van der Waals surface area contributed by atoms with Crippen LogP contribution in [0.1, 0.15) is 30.7 Å². The third-order valence-electron chi connectivity index (χ3n) is 3.95. The van der Waals surface area contributed by atoms with Crippen LogP contribution < -0.4 is 10.1 Å². The van der Waals surface area contributed by atoms with Gasteiger partial charge < -0.3 is 10.1 Å². The van der Waals surface area contributed by atoms with Gasteiger partial charge in [0.05, 0.1) is 18.5 Å². The molecule has 0 spiro atoms. The van der Waals surface area contributed by atoms with E-state index >= 15 is 0 Å². The molecule has 0 bridgehead atoms. The molecule has 0 amide bonds. The van der Waals surface area contributed by atoms with Crippen LogP contribution in [0.15, 0.2) is 30.5 Å². The Morgan fingerprint density at radius 3 is 2.90 bits per heavy atom. The standard InChI is InChI=1S/C17H19FN2O/c1-17(2)10-20-14-7-11(9-19-16(14)17)6-12-4-5-13(18)8-15(12)21-3/h4-5,7-9,20H,6,10H2,1-3H3. The number of halogens is 1. The summed E-state index contributed by atoms with van der Waals surface area (Å²) >= 11 is 0. The average Bonchev–Trinajstić information content (AvgIpc) is 2.76. The Hall–Kier alpha value is -2.10. The molecule has 0 fully saturated rings. The van der Waals surface area contributed by atoms with E-state index in [-0.39, 0.29) is 11.2 Å². The second-order valence-corrected chi connectivity index (χ2v) is 6.11. The summed E-state index contributed by atoms with van der Waals surface area (Å²) in [5, 5.41) is 3.40. The van der Waals surface area contributed by atoms with Gasteiger partial charge >= 0.3 is 0 Å². The van der Waals surface area contributed by atoms with Crippen LogP contribution in [0.5, 0.6) is 5.75 Å². The van der Waals surface area contributed by atoms with E-state index < -0.39 is 0 Å². The highest BCUT2D eigenvalue weighted by Gasteiger charge is 2.31. The Morgan fingerprint density at radius 2 is 2.14 bits per heavy atom. The molecule has 4 heteroatoms. The van der Waals surface area contributed by atoms with Crippen molar-refractivity contribution in [3.05, 3.63) is 53.1 Å². The molecule has 1 aromatic heterocycles. The van der Waals surface area contributed by atoms with E-state index in [4.69, 9.17) is 4.74 Å². The summed E-state index contributed by atoms with van der Waals surface area (Å²) in [6, 6.07) is 6.76. The van der Waals surface area contributed by atoms with Crippen molar-refractivity contribution in [2.45, 2.75) is 25.7 Å². The van der Waals surface area contributed by atoms with E-state index in [0.29, 0.717) is 12.2 Å². The Bertz CT molecular complexity index is 682. The summed E-state index contributed by atoms with van der Waals surface area (Å²) in [7, 11) is 1.56. The monoisotopic (exact) mass is 286 g/mol. The first-order valence-electron chi connectivity index (χ1n) is 7.05. The van der Waals surface area contributed by atoms with Gasteiger partial charge in [-0.25, -0.2) is 4.39 Å². The van der Waals surface area contributed by atoms with Crippen molar-refractivity contribution in [2.24, 2.45) is 0 Å². The van der Waals surface area contributed by atoms with Gasteiger partial charge in [0.15, 0.2) is 0 Å². The molecule has 0 saturated heterocycles. The summed E-state index contributed by atoms with van der Waals surface area (Å²) in [4.78, 5) is 4.60. The number of methoxy groups -OCH3 is 1. The molecule has 0 saturated carbocycles. The normalized spacial score (nSPS) is 15.4. The van der Waals surface area contributed by atoms with Crippen LogP contribution in [0.3, 0.4) is 0 Å². The summed E-state index contributed by atoms with van der Waals surface area (Å²) in [5.41, 5.74) is 4.32. The van der Waals surface area contributed by atoms with Gasteiger partial charge in [0.1, 0.15) is 11.6 Å². The van der Waals surface area contributed by atoms with Crippen molar-refractivity contribution in [3.8, 4) is 5.75 Å². The lowest BCUT2D eigenvalue weighted by atomic mass is 9.91. The van der Waals surface area contributed by atoms with Crippen LogP contribution in [-0.4, -0.2) is 18.6 Å². The Morgan fingerprint density at radius 1 is 1.33 bits per heavy atom. The second kappa shape index (κ2) is 5.02. The number of anilines is 1. The highest BCUT2D eigenvalue weighted by molar-refractivity contribution is 5.58. The zero-order chi connectivity index (χ0) is 15.0. The lowest BCUT2D eigenvalue weighted by Crippen LogP contribution is -2.20. The molecule has 1 aliphatic heterocycles. The second-order valence-electron chi connectivity index (χ2n) is 6.11. The topological polar surface area (TPSA) is 34.1 Å². The maximum atomic E-state index is 13.2. The van der Waals surface area contributed by atoms with E-state index in [1.165, 1.54) is 12.1 Å². The summed E-state index contributed by atoms with van der Waals surface area (Å²) in [5.74, 6) is 0.287. The van der Waals surface area contributed by atoms with E-state index in [2.05, 4.69) is 30.2 Å². The van der Waals surface area contributed by atoms with Crippen molar-refractivity contribution in [2.75, 3.05) is 19.0 Å². The lowest BCUT2D eigenvalue weighted by molar-refractivity contribution is 0.407. The molecular formula is C17H19FN2O. The number of hydrogen-bond acceptors (Lipinski definition) is 3. The molecule has 2 heterocycles. The molecule has 3 nitrogen and oxygen atoms in total. The minimum Gasteiger partial charge on any atom is -0.496 e. The summed E-state index contributed by atoms with van der Waals surface area (Å²) in [6.07, 6.45) is 2.57. The van der Waals surface area contributed by atoms with Crippen molar-refractivity contribution < 1.29 is 9.13 Å². The van der Waals surface area contributed by atoms with Gasteiger partial charge in [-0.15, -0.1) is 0 Å². The molecule has 3 rings (SSSR count). The predicted octanol–water partition coefficient (Wildman–Crippen LogP) is 3.52. The van der Waals surface area contributed by atoms with Gasteiger partial charge in [0.25, 0.3) is 0 Å². The fourth-order valence-electron chi connectivity index (χ4n) is 2.76. The van der Waals surface area contributed by atoms with Crippen LogP contribution in [0.25, 0.3) is 0 Å². The van der Waals surface area contributed by atoms with Crippen molar-refractivity contribution in [3.63, 3.8) is 0 Å². The van der Waals surface area contributed by atoms with E-state index in [9.17, 15) is 4.39 Å². The van der Waals surface area contributed by atoms with Gasteiger partial charge in [-0.05, 0) is 23.3 Å². The average molecular weight is 286 g/mol. The fourth-order valence-corrected chi connectivity index (χ4v) is 2.76. The lowest BCUT2D eigenvalue weighted by Gasteiger charge is -2.15. The zero-order valence-electron chi connectivity index (χ0n) is 12.5. The first-order valence-corrected chi connectivity index (χ1v) is 7.05. The Balaban J connectivity index is 1.90. The van der Waals surface area contributed by atoms with E-state index in [1.807, 2.05) is 6.20 Å². The number of pyridine rings is 1. The number of hydrogen-bond donors (Lipinski definition) is 1.